The van der Waals surface area contributed by atoms with Gasteiger partial charge < -0.3 is 4.74 Å². The van der Waals surface area contributed by atoms with Crippen molar-refractivity contribution in [1.29, 1.82) is 0 Å². The van der Waals surface area contributed by atoms with Crippen LogP contribution in [0, 0.1) is 0 Å². The van der Waals surface area contributed by atoms with Crippen molar-refractivity contribution in [3.8, 4) is 5.75 Å². The number of hydrogen-bond acceptors (Lipinski definition) is 3. The predicted molar refractivity (Wildman–Crippen MR) is 78.3 cm³/mol. The Bertz CT molecular complexity index is 799. The second kappa shape index (κ2) is 4.63. The molecular weight excluding hydrogens is 306 g/mol. The van der Waals surface area contributed by atoms with Crippen LogP contribution in [0.4, 0.5) is 0 Å². The van der Waals surface area contributed by atoms with Crippen LogP contribution in [0.5, 0.6) is 5.75 Å². The molecule has 19 heavy (non-hydrogen) atoms. The van der Waals surface area contributed by atoms with E-state index in [1.165, 1.54) is 6.92 Å². The van der Waals surface area contributed by atoms with Gasteiger partial charge in [0, 0.05) is 22.2 Å². The van der Waals surface area contributed by atoms with Crippen molar-refractivity contribution < 1.29 is 9.53 Å². The van der Waals surface area contributed by atoms with Gasteiger partial charge in [0.1, 0.15) is 5.52 Å². The summed E-state index contributed by atoms with van der Waals surface area (Å²) >= 11 is 3.43. The number of carbonyl (C=O) groups is 1. The van der Waals surface area contributed by atoms with Gasteiger partial charge in [-0.15, -0.1) is 0 Å². The Kier molecular flexibility index (Phi) is 2.95. The number of aromatic nitrogens is 1. The topological polar surface area (TPSA) is 39.2 Å². The first-order chi connectivity index (χ1) is 9.13. The van der Waals surface area contributed by atoms with Crippen molar-refractivity contribution in [2.45, 2.75) is 6.92 Å². The molecule has 0 unspecified atom stereocenters. The molecule has 1 heterocycles. The van der Waals surface area contributed by atoms with E-state index in [0.29, 0.717) is 11.3 Å². The van der Waals surface area contributed by atoms with Crippen LogP contribution in [0.25, 0.3) is 21.8 Å². The number of pyridine rings is 1. The molecule has 0 N–H and O–H groups in total. The van der Waals surface area contributed by atoms with Crippen LogP contribution in [0.1, 0.15) is 6.92 Å². The third-order valence-electron chi connectivity index (χ3n) is 2.82. The van der Waals surface area contributed by atoms with E-state index in [0.717, 1.165) is 20.8 Å². The summed E-state index contributed by atoms with van der Waals surface area (Å²) in [6.45, 7) is 1.39. The van der Waals surface area contributed by atoms with E-state index < -0.39 is 0 Å². The molecule has 0 saturated carbocycles. The smallest absolute Gasteiger partial charge is 0.308 e. The van der Waals surface area contributed by atoms with Crippen LogP contribution in [-0.4, -0.2) is 11.0 Å². The van der Waals surface area contributed by atoms with E-state index in [1.54, 1.807) is 6.07 Å². The molecule has 0 saturated heterocycles. The molecule has 0 radical (unpaired) electrons. The molecule has 0 aliphatic carbocycles. The fourth-order valence-corrected chi connectivity index (χ4v) is 2.39. The average molecular weight is 316 g/mol. The molecule has 3 rings (SSSR count). The quantitative estimate of drug-likeness (QED) is 0.386. The summed E-state index contributed by atoms with van der Waals surface area (Å²) in [5, 5.41) is 2.00. The summed E-state index contributed by atoms with van der Waals surface area (Å²) in [6, 6.07) is 13.5. The van der Waals surface area contributed by atoms with Gasteiger partial charge in [-0.2, -0.15) is 0 Å². The van der Waals surface area contributed by atoms with Gasteiger partial charge in [-0.1, -0.05) is 34.1 Å². The van der Waals surface area contributed by atoms with Gasteiger partial charge >= 0.3 is 5.97 Å². The number of carbonyl (C=O) groups excluding carboxylic acids is 1. The van der Waals surface area contributed by atoms with Crippen LogP contribution in [0.3, 0.4) is 0 Å². The Morgan fingerprint density at radius 1 is 1.16 bits per heavy atom. The van der Waals surface area contributed by atoms with Gasteiger partial charge in [-0.25, -0.2) is 4.98 Å². The molecule has 0 fully saturated rings. The molecule has 0 atom stereocenters. The zero-order valence-electron chi connectivity index (χ0n) is 10.2. The Hall–Kier alpha value is -1.94. The molecule has 0 aliphatic rings. The Balaban J connectivity index is 2.32. The lowest BCUT2D eigenvalue weighted by Crippen LogP contribution is -2.02. The number of halogens is 1. The molecule has 0 bridgehead atoms. The van der Waals surface area contributed by atoms with Crippen LogP contribution >= 0.6 is 15.9 Å². The van der Waals surface area contributed by atoms with Crippen molar-refractivity contribution in [2.75, 3.05) is 0 Å². The summed E-state index contributed by atoms with van der Waals surface area (Å²) in [5.74, 6) is 0.149. The number of para-hydroxylation sites is 1. The number of benzene rings is 2. The monoisotopic (exact) mass is 315 g/mol. The van der Waals surface area contributed by atoms with E-state index in [-0.39, 0.29) is 5.97 Å². The standard InChI is InChI=1S/C15H10BrNO2/c1-9(18)19-14-4-2-3-11-7-10-5-6-12(16)8-13(10)17-15(11)14/h2-8H,1H3. The summed E-state index contributed by atoms with van der Waals surface area (Å²) in [6.07, 6.45) is 0. The zero-order valence-corrected chi connectivity index (χ0v) is 11.8. The highest BCUT2D eigenvalue weighted by Crippen LogP contribution is 2.28. The number of nitrogens with zero attached hydrogens (tertiary/aromatic N) is 1. The van der Waals surface area contributed by atoms with Crippen molar-refractivity contribution in [2.24, 2.45) is 0 Å². The minimum absolute atomic E-state index is 0.344. The summed E-state index contributed by atoms with van der Waals surface area (Å²) in [7, 11) is 0. The van der Waals surface area contributed by atoms with E-state index in [1.807, 2.05) is 36.4 Å². The summed E-state index contributed by atoms with van der Waals surface area (Å²) in [5.41, 5.74) is 1.56. The molecular formula is C15H10BrNO2. The third kappa shape index (κ3) is 2.31. The van der Waals surface area contributed by atoms with E-state index in [4.69, 9.17) is 4.74 Å². The number of rotatable bonds is 1. The molecule has 1 aromatic heterocycles. The average Bonchev–Trinajstić information content (AvgIpc) is 2.36. The van der Waals surface area contributed by atoms with Crippen molar-refractivity contribution >= 4 is 43.7 Å². The van der Waals surface area contributed by atoms with Crippen LogP contribution in [0.2, 0.25) is 0 Å². The lowest BCUT2D eigenvalue weighted by molar-refractivity contribution is -0.131. The van der Waals surface area contributed by atoms with Gasteiger partial charge in [0.05, 0.1) is 5.52 Å². The molecule has 0 spiro atoms. The van der Waals surface area contributed by atoms with Crippen LogP contribution in [0.15, 0.2) is 46.9 Å². The number of ether oxygens (including phenoxy) is 1. The summed E-state index contributed by atoms with van der Waals surface area (Å²) < 4.78 is 6.16. The summed E-state index contributed by atoms with van der Waals surface area (Å²) in [4.78, 5) is 15.7. The maximum absolute atomic E-state index is 11.1. The number of hydrogen-bond donors (Lipinski definition) is 0. The largest absolute Gasteiger partial charge is 0.424 e. The lowest BCUT2D eigenvalue weighted by atomic mass is 10.1. The minimum atomic E-state index is -0.344. The van der Waals surface area contributed by atoms with E-state index in [2.05, 4.69) is 20.9 Å². The minimum Gasteiger partial charge on any atom is -0.424 e. The van der Waals surface area contributed by atoms with Crippen molar-refractivity contribution in [3.05, 3.63) is 46.9 Å². The fraction of sp³-hybridized carbons (Fsp3) is 0.0667. The molecule has 3 nitrogen and oxygen atoms in total. The number of esters is 1. The van der Waals surface area contributed by atoms with Crippen molar-refractivity contribution in [3.63, 3.8) is 0 Å². The maximum atomic E-state index is 11.1. The van der Waals surface area contributed by atoms with Gasteiger partial charge in [0.2, 0.25) is 0 Å². The maximum Gasteiger partial charge on any atom is 0.308 e. The van der Waals surface area contributed by atoms with Gasteiger partial charge in [0.15, 0.2) is 5.75 Å². The second-order valence-electron chi connectivity index (χ2n) is 4.25. The van der Waals surface area contributed by atoms with Crippen LogP contribution < -0.4 is 4.74 Å². The Morgan fingerprint density at radius 3 is 2.79 bits per heavy atom. The predicted octanol–water partition coefficient (Wildman–Crippen LogP) is 4.08. The molecule has 0 amide bonds. The van der Waals surface area contributed by atoms with Gasteiger partial charge in [-0.3, -0.25) is 4.79 Å². The highest BCUT2D eigenvalue weighted by molar-refractivity contribution is 9.10. The van der Waals surface area contributed by atoms with Crippen LogP contribution in [-0.2, 0) is 4.79 Å². The number of fused-ring (bicyclic) bond motifs is 2. The zero-order chi connectivity index (χ0) is 13.4. The highest BCUT2D eigenvalue weighted by atomic mass is 79.9. The highest BCUT2D eigenvalue weighted by Gasteiger charge is 2.07. The lowest BCUT2D eigenvalue weighted by Gasteiger charge is -2.07. The van der Waals surface area contributed by atoms with E-state index >= 15 is 0 Å². The third-order valence-corrected chi connectivity index (χ3v) is 3.31. The first-order valence-electron chi connectivity index (χ1n) is 5.81. The molecule has 94 valence electrons. The second-order valence-corrected chi connectivity index (χ2v) is 5.16. The molecule has 4 heteroatoms. The fourth-order valence-electron chi connectivity index (χ4n) is 2.04. The van der Waals surface area contributed by atoms with Crippen molar-refractivity contribution in [1.82, 2.24) is 4.98 Å². The van der Waals surface area contributed by atoms with Gasteiger partial charge in [-0.05, 0) is 24.3 Å². The first kappa shape index (κ1) is 12.1. The Labute approximate surface area is 118 Å². The molecule has 0 aliphatic heterocycles. The molecule has 3 aromatic rings. The molecule has 2 aromatic carbocycles. The Morgan fingerprint density at radius 2 is 2.00 bits per heavy atom. The van der Waals surface area contributed by atoms with Gasteiger partial charge in [0.25, 0.3) is 0 Å². The normalized spacial score (nSPS) is 10.8. The SMILES string of the molecule is CC(=O)Oc1cccc2cc3ccc(Br)cc3nc12. The first-order valence-corrected chi connectivity index (χ1v) is 6.60. The van der Waals surface area contributed by atoms with E-state index in [9.17, 15) is 4.79 Å².